The number of aromatic nitrogens is 4. The molecule has 1 unspecified atom stereocenters. The van der Waals surface area contributed by atoms with E-state index >= 15 is 0 Å². The van der Waals surface area contributed by atoms with Gasteiger partial charge in [-0.1, -0.05) is 45.4 Å². The van der Waals surface area contributed by atoms with Crippen LogP contribution in [0, 0.1) is 17.8 Å². The SMILES string of the molecule is CC(C)C(COc1ccn(-c2ccc(C(=O)NS(=O)(=O)c3cccc(NCCOC4CN(C(=O)O)C(C)(C)C4)n3)c(Cl)n2)n1)C(C)C. The van der Waals surface area contributed by atoms with Gasteiger partial charge in [0.05, 0.1) is 31.4 Å². The molecule has 0 bridgehead atoms. The summed E-state index contributed by atoms with van der Waals surface area (Å²) in [5.41, 5.74) is -0.674. The molecule has 0 saturated carbocycles. The number of ether oxygens (including phenoxy) is 2. The lowest BCUT2D eigenvalue weighted by molar-refractivity contribution is 0.0655. The van der Waals surface area contributed by atoms with E-state index in [-0.39, 0.29) is 40.8 Å². The zero-order chi connectivity index (χ0) is 34.5. The largest absolute Gasteiger partial charge is 0.476 e. The van der Waals surface area contributed by atoms with E-state index in [1.54, 1.807) is 18.3 Å². The molecule has 2 amide bonds. The molecule has 14 nitrogen and oxygen atoms in total. The van der Waals surface area contributed by atoms with Crippen LogP contribution in [0.4, 0.5) is 10.6 Å². The minimum atomic E-state index is -4.37. The number of carbonyl (C=O) groups is 2. The molecule has 1 aliphatic heterocycles. The van der Waals surface area contributed by atoms with Crippen molar-refractivity contribution < 1.29 is 32.6 Å². The topological polar surface area (TPSA) is 178 Å². The van der Waals surface area contributed by atoms with Crippen molar-refractivity contribution in [3.63, 3.8) is 0 Å². The van der Waals surface area contributed by atoms with E-state index < -0.39 is 27.6 Å². The summed E-state index contributed by atoms with van der Waals surface area (Å²) < 4.78 is 41.2. The van der Waals surface area contributed by atoms with E-state index in [4.69, 9.17) is 21.1 Å². The number of nitrogens with one attached hydrogen (secondary N) is 2. The molecule has 16 heteroatoms. The van der Waals surface area contributed by atoms with Gasteiger partial charge in [0.25, 0.3) is 15.9 Å². The summed E-state index contributed by atoms with van der Waals surface area (Å²) in [6.45, 7) is 13.6. The summed E-state index contributed by atoms with van der Waals surface area (Å²) in [5, 5.41) is 16.2. The first kappa shape index (κ1) is 35.9. The first-order valence-electron chi connectivity index (χ1n) is 15.3. The third kappa shape index (κ3) is 9.11. The molecule has 47 heavy (non-hydrogen) atoms. The molecule has 3 N–H and O–H groups in total. The smallest absolute Gasteiger partial charge is 0.407 e. The predicted molar refractivity (Wildman–Crippen MR) is 176 cm³/mol. The van der Waals surface area contributed by atoms with Gasteiger partial charge in [0, 0.05) is 24.3 Å². The van der Waals surface area contributed by atoms with Crippen molar-refractivity contribution in [2.24, 2.45) is 17.8 Å². The van der Waals surface area contributed by atoms with Gasteiger partial charge < -0.3 is 24.8 Å². The average molecular weight is 692 g/mol. The monoisotopic (exact) mass is 691 g/mol. The zero-order valence-corrected chi connectivity index (χ0v) is 28.9. The summed E-state index contributed by atoms with van der Waals surface area (Å²) >= 11 is 6.30. The van der Waals surface area contributed by atoms with Crippen LogP contribution in [-0.2, 0) is 14.8 Å². The lowest BCUT2D eigenvalue weighted by atomic mass is 9.86. The molecule has 1 aliphatic rings. The number of hydrogen-bond acceptors (Lipinski definition) is 10. The number of rotatable bonds is 14. The Hall–Kier alpha value is -3.95. The van der Waals surface area contributed by atoms with Crippen molar-refractivity contribution in [2.45, 2.75) is 64.6 Å². The van der Waals surface area contributed by atoms with Gasteiger partial charge in [-0.05, 0) is 62.3 Å². The molecule has 0 aliphatic carbocycles. The van der Waals surface area contributed by atoms with Gasteiger partial charge in [0.2, 0.25) is 5.88 Å². The predicted octanol–water partition coefficient (Wildman–Crippen LogP) is 4.70. The first-order valence-corrected chi connectivity index (χ1v) is 17.2. The van der Waals surface area contributed by atoms with Crippen molar-refractivity contribution in [3.8, 4) is 11.7 Å². The van der Waals surface area contributed by atoms with E-state index in [0.29, 0.717) is 49.0 Å². The van der Waals surface area contributed by atoms with Crippen molar-refractivity contribution in [1.29, 1.82) is 0 Å². The van der Waals surface area contributed by atoms with E-state index in [2.05, 4.69) is 48.1 Å². The molecule has 256 valence electrons. The van der Waals surface area contributed by atoms with Crippen molar-refractivity contribution in [2.75, 3.05) is 31.6 Å². The fourth-order valence-corrected chi connectivity index (χ4v) is 6.67. The number of anilines is 1. The fraction of sp³-hybridized carbons (Fsp3) is 0.516. The maximum absolute atomic E-state index is 13.0. The van der Waals surface area contributed by atoms with Crippen LogP contribution in [0.25, 0.3) is 5.82 Å². The second-order valence-corrected chi connectivity index (χ2v) is 14.7. The molecule has 0 aromatic carbocycles. The van der Waals surface area contributed by atoms with Gasteiger partial charge in [-0.15, -0.1) is 5.10 Å². The Morgan fingerprint density at radius 1 is 1.11 bits per heavy atom. The van der Waals surface area contributed by atoms with Gasteiger partial charge in [0.15, 0.2) is 10.8 Å². The van der Waals surface area contributed by atoms with Crippen molar-refractivity contribution >= 4 is 39.4 Å². The first-order chi connectivity index (χ1) is 22.1. The summed E-state index contributed by atoms with van der Waals surface area (Å²) in [4.78, 5) is 34.1. The van der Waals surface area contributed by atoms with Crippen molar-refractivity contribution in [1.82, 2.24) is 29.4 Å². The van der Waals surface area contributed by atoms with E-state index in [1.807, 2.05) is 18.6 Å². The van der Waals surface area contributed by atoms with Crippen LogP contribution < -0.4 is 14.8 Å². The van der Waals surface area contributed by atoms with E-state index in [0.717, 1.165) is 0 Å². The molecule has 4 rings (SSSR count). The zero-order valence-electron chi connectivity index (χ0n) is 27.3. The summed E-state index contributed by atoms with van der Waals surface area (Å²) in [7, 11) is -4.37. The molecule has 0 spiro atoms. The van der Waals surface area contributed by atoms with E-state index in [9.17, 15) is 23.1 Å². The number of amides is 2. The molecule has 1 atom stereocenters. The highest BCUT2D eigenvalue weighted by Crippen LogP contribution is 2.30. The number of nitrogens with zero attached hydrogens (tertiary/aromatic N) is 5. The lowest BCUT2D eigenvalue weighted by Crippen LogP contribution is -2.41. The van der Waals surface area contributed by atoms with Gasteiger partial charge in [-0.2, -0.15) is 8.42 Å². The summed E-state index contributed by atoms with van der Waals surface area (Å²) in [6.07, 6.45) is 0.967. The molecule has 0 radical (unpaired) electrons. The molecule has 3 aromatic heterocycles. The molecular formula is C31H42ClN7O7S. The van der Waals surface area contributed by atoms with Crippen LogP contribution in [0.15, 0.2) is 47.6 Å². The molecule has 4 heterocycles. The number of halogens is 1. The molecule has 3 aromatic rings. The number of sulfonamides is 1. The maximum Gasteiger partial charge on any atom is 0.407 e. The van der Waals surface area contributed by atoms with Gasteiger partial charge in [-0.3, -0.25) is 4.79 Å². The van der Waals surface area contributed by atoms with Gasteiger partial charge in [-0.25, -0.2) is 24.2 Å². The van der Waals surface area contributed by atoms with Crippen molar-refractivity contribution in [3.05, 3.63) is 53.3 Å². The highest BCUT2D eigenvalue weighted by Gasteiger charge is 2.41. The number of carbonyl (C=O) groups excluding carboxylic acids is 1. The number of hydrogen-bond donors (Lipinski definition) is 3. The minimum Gasteiger partial charge on any atom is -0.476 e. The lowest BCUT2D eigenvalue weighted by Gasteiger charge is -2.27. The Morgan fingerprint density at radius 3 is 2.47 bits per heavy atom. The summed E-state index contributed by atoms with van der Waals surface area (Å²) in [5.74, 6) is 1.27. The highest BCUT2D eigenvalue weighted by atomic mass is 35.5. The third-order valence-electron chi connectivity index (χ3n) is 8.08. The van der Waals surface area contributed by atoms with Crippen LogP contribution in [0.5, 0.6) is 5.88 Å². The average Bonchev–Trinajstić information content (AvgIpc) is 3.58. The Morgan fingerprint density at radius 2 is 1.83 bits per heavy atom. The maximum atomic E-state index is 13.0. The summed E-state index contributed by atoms with van der Waals surface area (Å²) in [6, 6.07) is 8.86. The number of carboxylic acid groups (broad SMARTS) is 1. The molecular weight excluding hydrogens is 650 g/mol. The van der Waals surface area contributed by atoms with Gasteiger partial charge >= 0.3 is 6.09 Å². The quantitative estimate of drug-likeness (QED) is 0.158. The number of pyridine rings is 2. The van der Waals surface area contributed by atoms with Crippen LogP contribution in [0.3, 0.4) is 0 Å². The van der Waals surface area contributed by atoms with Crippen LogP contribution in [-0.4, -0.2) is 88.1 Å². The fourth-order valence-electron chi connectivity index (χ4n) is 5.50. The Bertz CT molecular complexity index is 1670. The molecule has 1 saturated heterocycles. The number of likely N-dealkylation sites (tertiary alicyclic amines) is 1. The minimum absolute atomic E-state index is 0.151. The van der Waals surface area contributed by atoms with Crippen LogP contribution in [0.1, 0.15) is 58.3 Å². The van der Waals surface area contributed by atoms with Crippen LogP contribution >= 0.6 is 11.6 Å². The Labute approximate surface area is 279 Å². The second-order valence-electron chi connectivity index (χ2n) is 12.7. The second kappa shape index (κ2) is 14.9. The van der Waals surface area contributed by atoms with Crippen LogP contribution in [0.2, 0.25) is 5.15 Å². The normalized spacial score (nSPS) is 16.2. The van der Waals surface area contributed by atoms with Gasteiger partial charge in [0.1, 0.15) is 11.0 Å². The third-order valence-corrected chi connectivity index (χ3v) is 9.60. The standard InChI is InChI=1S/C31H42ClN7O7S/c1-19(2)23(20(3)4)18-46-26-12-14-39(36-26)25-11-10-22(28(32)35-25)29(40)37-47(43,44)27-9-7-8-24(34-27)33-13-15-45-21-16-31(5,6)38(17-21)30(41)42/h7-12,14,19-21,23H,13,15-18H2,1-6H3,(H,33,34)(H,37,40)(H,41,42). The Balaban J connectivity index is 1.32. The Kier molecular flexibility index (Phi) is 11.4. The van der Waals surface area contributed by atoms with E-state index in [1.165, 1.54) is 33.8 Å². The highest BCUT2D eigenvalue weighted by molar-refractivity contribution is 7.90. The molecule has 1 fully saturated rings.